The van der Waals surface area contributed by atoms with Gasteiger partial charge in [-0.2, -0.15) is 5.10 Å². The Labute approximate surface area is 109 Å². The second-order valence-corrected chi connectivity index (χ2v) is 4.32. The Morgan fingerprint density at radius 3 is 2.72 bits per heavy atom. The standard InChI is InChI=1S/C12H12ClN3O2/c1-7-5-11(16(2)15-7)12(18)14-10-4-3-8(17)6-9(10)13/h3-6,17H,1-2H3,(H,14,18). The van der Waals surface area contributed by atoms with Gasteiger partial charge < -0.3 is 10.4 Å². The molecule has 0 saturated heterocycles. The van der Waals surface area contributed by atoms with Crippen LogP contribution < -0.4 is 5.32 Å². The van der Waals surface area contributed by atoms with Crippen LogP contribution in [0.25, 0.3) is 0 Å². The van der Waals surface area contributed by atoms with Gasteiger partial charge in [-0.3, -0.25) is 9.48 Å². The highest BCUT2D eigenvalue weighted by Gasteiger charge is 2.13. The van der Waals surface area contributed by atoms with E-state index in [2.05, 4.69) is 10.4 Å². The number of aromatic hydroxyl groups is 1. The first-order valence-corrected chi connectivity index (χ1v) is 5.65. The molecule has 0 aliphatic heterocycles. The minimum atomic E-state index is -0.300. The van der Waals surface area contributed by atoms with Crippen LogP contribution in [0.4, 0.5) is 5.69 Å². The number of nitrogens with one attached hydrogen (secondary N) is 1. The van der Waals surface area contributed by atoms with Crippen molar-refractivity contribution in [3.8, 4) is 5.75 Å². The molecule has 18 heavy (non-hydrogen) atoms. The molecule has 5 nitrogen and oxygen atoms in total. The van der Waals surface area contributed by atoms with Crippen molar-refractivity contribution in [2.75, 3.05) is 5.32 Å². The fourth-order valence-electron chi connectivity index (χ4n) is 1.61. The van der Waals surface area contributed by atoms with Crippen molar-refractivity contribution >= 4 is 23.2 Å². The lowest BCUT2D eigenvalue weighted by Gasteiger charge is -2.07. The maximum absolute atomic E-state index is 12.0. The summed E-state index contributed by atoms with van der Waals surface area (Å²) in [6, 6.07) is 6.05. The molecule has 0 radical (unpaired) electrons. The van der Waals surface area contributed by atoms with Crippen LogP contribution in [0.1, 0.15) is 16.2 Å². The fourth-order valence-corrected chi connectivity index (χ4v) is 1.84. The van der Waals surface area contributed by atoms with Crippen LogP contribution in [0.15, 0.2) is 24.3 Å². The van der Waals surface area contributed by atoms with Gasteiger partial charge in [-0.05, 0) is 25.1 Å². The molecular formula is C12H12ClN3O2. The molecule has 6 heteroatoms. The molecule has 0 bridgehead atoms. The summed E-state index contributed by atoms with van der Waals surface area (Å²) in [6.45, 7) is 1.81. The third-order valence-corrected chi connectivity index (χ3v) is 2.75. The summed E-state index contributed by atoms with van der Waals surface area (Å²) < 4.78 is 1.50. The zero-order valence-corrected chi connectivity index (χ0v) is 10.7. The van der Waals surface area contributed by atoms with Gasteiger partial charge in [0.05, 0.1) is 16.4 Å². The molecule has 2 rings (SSSR count). The summed E-state index contributed by atoms with van der Waals surface area (Å²) >= 11 is 5.91. The van der Waals surface area contributed by atoms with Gasteiger partial charge >= 0.3 is 0 Å². The lowest BCUT2D eigenvalue weighted by Crippen LogP contribution is -2.16. The number of aryl methyl sites for hydroxylation is 2. The average Bonchev–Trinajstić information content (AvgIpc) is 2.62. The maximum atomic E-state index is 12.0. The maximum Gasteiger partial charge on any atom is 0.273 e. The molecule has 0 atom stereocenters. The molecule has 1 aromatic carbocycles. The SMILES string of the molecule is Cc1cc(C(=O)Nc2ccc(O)cc2Cl)n(C)n1. The summed E-state index contributed by atoms with van der Waals surface area (Å²) in [7, 11) is 1.69. The van der Waals surface area contributed by atoms with Crippen LogP contribution in [0.3, 0.4) is 0 Å². The predicted octanol–water partition coefficient (Wildman–Crippen LogP) is 2.34. The molecule has 1 amide bonds. The molecule has 2 N–H and O–H groups in total. The lowest BCUT2D eigenvalue weighted by atomic mass is 10.3. The summed E-state index contributed by atoms with van der Waals surface area (Å²) in [5, 5.41) is 16.3. The summed E-state index contributed by atoms with van der Waals surface area (Å²) in [5.41, 5.74) is 1.65. The molecule has 0 unspecified atom stereocenters. The van der Waals surface area contributed by atoms with Crippen LogP contribution in [0, 0.1) is 6.92 Å². The van der Waals surface area contributed by atoms with Gasteiger partial charge in [0.25, 0.3) is 5.91 Å². The number of carbonyl (C=O) groups is 1. The van der Waals surface area contributed by atoms with E-state index in [0.717, 1.165) is 5.69 Å². The summed E-state index contributed by atoms with van der Waals surface area (Å²) in [4.78, 5) is 12.0. The highest BCUT2D eigenvalue weighted by molar-refractivity contribution is 6.34. The van der Waals surface area contributed by atoms with E-state index in [1.54, 1.807) is 19.2 Å². The molecule has 0 aliphatic carbocycles. The van der Waals surface area contributed by atoms with Crippen molar-refractivity contribution in [2.45, 2.75) is 6.92 Å². The zero-order valence-electron chi connectivity index (χ0n) is 9.94. The quantitative estimate of drug-likeness (QED) is 0.819. The van der Waals surface area contributed by atoms with Crippen LogP contribution >= 0.6 is 11.6 Å². The van der Waals surface area contributed by atoms with E-state index in [1.165, 1.54) is 16.8 Å². The van der Waals surface area contributed by atoms with E-state index in [-0.39, 0.29) is 16.7 Å². The topological polar surface area (TPSA) is 67.2 Å². The summed E-state index contributed by atoms with van der Waals surface area (Å²) in [5.74, 6) is -0.250. The minimum Gasteiger partial charge on any atom is -0.508 e. The van der Waals surface area contributed by atoms with Crippen molar-refractivity contribution in [1.29, 1.82) is 0 Å². The molecule has 0 aliphatic rings. The Morgan fingerprint density at radius 1 is 1.44 bits per heavy atom. The van der Waals surface area contributed by atoms with E-state index in [1.807, 2.05) is 6.92 Å². The summed E-state index contributed by atoms with van der Waals surface area (Å²) in [6.07, 6.45) is 0. The van der Waals surface area contributed by atoms with Crippen molar-refractivity contribution in [1.82, 2.24) is 9.78 Å². The second-order valence-electron chi connectivity index (χ2n) is 3.91. The van der Waals surface area contributed by atoms with Crippen LogP contribution in [-0.4, -0.2) is 20.8 Å². The van der Waals surface area contributed by atoms with Crippen LogP contribution in [0.2, 0.25) is 5.02 Å². The zero-order chi connectivity index (χ0) is 13.3. The first kappa shape index (κ1) is 12.4. The monoisotopic (exact) mass is 265 g/mol. The molecular weight excluding hydrogens is 254 g/mol. The highest BCUT2D eigenvalue weighted by Crippen LogP contribution is 2.26. The number of amides is 1. The third-order valence-electron chi connectivity index (χ3n) is 2.44. The van der Waals surface area contributed by atoms with Gasteiger partial charge in [-0.1, -0.05) is 11.6 Å². The van der Waals surface area contributed by atoms with E-state index >= 15 is 0 Å². The van der Waals surface area contributed by atoms with Gasteiger partial charge in [-0.15, -0.1) is 0 Å². The number of phenols is 1. The lowest BCUT2D eigenvalue weighted by molar-refractivity contribution is 0.101. The van der Waals surface area contributed by atoms with Gasteiger partial charge in [0.1, 0.15) is 11.4 Å². The average molecular weight is 266 g/mol. The number of benzene rings is 1. The number of hydrogen-bond acceptors (Lipinski definition) is 3. The van der Waals surface area contributed by atoms with Gasteiger partial charge in [0.2, 0.25) is 0 Å². The molecule has 0 spiro atoms. The fraction of sp³-hybridized carbons (Fsp3) is 0.167. The van der Waals surface area contributed by atoms with Crippen molar-refractivity contribution in [3.63, 3.8) is 0 Å². The number of rotatable bonds is 2. The Kier molecular flexibility index (Phi) is 3.25. The number of phenolic OH excluding ortho intramolecular Hbond substituents is 1. The number of halogens is 1. The number of carbonyl (C=O) groups excluding carboxylic acids is 1. The molecule has 0 fully saturated rings. The van der Waals surface area contributed by atoms with Gasteiger partial charge in [0.15, 0.2) is 0 Å². The van der Waals surface area contributed by atoms with Crippen LogP contribution in [-0.2, 0) is 7.05 Å². The third kappa shape index (κ3) is 2.46. The van der Waals surface area contributed by atoms with E-state index in [4.69, 9.17) is 11.6 Å². The minimum absolute atomic E-state index is 0.0503. The molecule has 1 heterocycles. The largest absolute Gasteiger partial charge is 0.508 e. The number of anilines is 1. The Bertz CT molecular complexity index is 607. The first-order valence-electron chi connectivity index (χ1n) is 5.28. The van der Waals surface area contributed by atoms with Crippen molar-refractivity contribution < 1.29 is 9.90 Å². The number of aromatic nitrogens is 2. The van der Waals surface area contributed by atoms with Crippen LogP contribution in [0.5, 0.6) is 5.75 Å². The van der Waals surface area contributed by atoms with Crippen molar-refractivity contribution in [2.24, 2.45) is 7.05 Å². The predicted molar refractivity (Wildman–Crippen MR) is 69.0 cm³/mol. The van der Waals surface area contributed by atoms with Gasteiger partial charge in [-0.25, -0.2) is 0 Å². The Hall–Kier alpha value is -2.01. The number of nitrogens with zero attached hydrogens (tertiary/aromatic N) is 2. The Morgan fingerprint density at radius 2 is 2.17 bits per heavy atom. The molecule has 1 aromatic heterocycles. The molecule has 0 saturated carbocycles. The smallest absolute Gasteiger partial charge is 0.273 e. The highest BCUT2D eigenvalue weighted by atomic mass is 35.5. The van der Waals surface area contributed by atoms with Gasteiger partial charge in [0, 0.05) is 13.1 Å². The molecule has 2 aromatic rings. The Balaban J connectivity index is 2.24. The number of hydrogen-bond donors (Lipinski definition) is 2. The van der Waals surface area contributed by atoms with E-state index < -0.39 is 0 Å². The second kappa shape index (κ2) is 4.70. The van der Waals surface area contributed by atoms with E-state index in [9.17, 15) is 9.90 Å². The first-order chi connectivity index (χ1) is 8.47. The van der Waals surface area contributed by atoms with Crippen molar-refractivity contribution in [3.05, 3.63) is 40.7 Å². The molecule has 94 valence electrons. The van der Waals surface area contributed by atoms with E-state index in [0.29, 0.717) is 11.4 Å². The normalized spacial score (nSPS) is 10.4.